The van der Waals surface area contributed by atoms with E-state index in [0.717, 1.165) is 39.5 Å². The molecular weight excluding hydrogens is 384 g/mol. The Labute approximate surface area is 172 Å². The third-order valence-electron chi connectivity index (χ3n) is 4.74. The minimum Gasteiger partial charge on any atom is -0.324 e. The topological polar surface area (TPSA) is 76.9 Å². The molecule has 1 amide bonds. The number of nitrogens with zero attached hydrogens (tertiary/aromatic N) is 3. The first kappa shape index (κ1) is 19.0. The largest absolute Gasteiger partial charge is 0.324 e. The highest BCUT2D eigenvalue weighted by Crippen LogP contribution is 2.27. The number of hydrogen-bond acceptors (Lipinski definition) is 5. The maximum atomic E-state index is 12.8. The molecule has 4 rings (SSSR count). The number of nitrogens with one attached hydrogen (secondary N) is 1. The molecule has 146 valence electrons. The Kier molecular flexibility index (Phi) is 4.98. The van der Waals surface area contributed by atoms with Gasteiger partial charge in [0, 0.05) is 11.3 Å². The zero-order chi connectivity index (χ0) is 20.5. The van der Waals surface area contributed by atoms with Gasteiger partial charge in [0.1, 0.15) is 22.5 Å². The molecule has 0 saturated heterocycles. The van der Waals surface area contributed by atoms with Crippen LogP contribution in [-0.4, -0.2) is 19.8 Å². The molecule has 0 fully saturated rings. The van der Waals surface area contributed by atoms with Crippen LogP contribution in [0.5, 0.6) is 0 Å². The summed E-state index contributed by atoms with van der Waals surface area (Å²) >= 11 is 1.11. The Hall–Kier alpha value is -3.32. The van der Waals surface area contributed by atoms with Crippen molar-refractivity contribution in [2.75, 3.05) is 5.32 Å². The lowest BCUT2D eigenvalue weighted by atomic mass is 10.1. The van der Waals surface area contributed by atoms with Crippen molar-refractivity contribution in [1.82, 2.24) is 13.9 Å². The predicted molar refractivity (Wildman–Crippen MR) is 116 cm³/mol. The number of carbonyl (C=O) groups is 1. The Morgan fingerprint density at radius 1 is 1.07 bits per heavy atom. The SMILES string of the molecule is Cc1ccc(-c2nsc3c(=O)n(CC(=O)Nc4ccc(C)cc4C)cnc23)cc1. The normalized spacial score (nSPS) is 11.0. The molecule has 1 N–H and O–H groups in total. The second-order valence-electron chi connectivity index (χ2n) is 7.12. The van der Waals surface area contributed by atoms with Crippen LogP contribution in [0.2, 0.25) is 0 Å². The first-order valence-electron chi connectivity index (χ1n) is 9.21. The molecule has 0 aliphatic rings. The molecule has 2 aromatic heterocycles. The van der Waals surface area contributed by atoms with E-state index >= 15 is 0 Å². The van der Waals surface area contributed by atoms with Crippen LogP contribution < -0.4 is 10.9 Å². The van der Waals surface area contributed by atoms with Gasteiger partial charge in [-0.15, -0.1) is 0 Å². The van der Waals surface area contributed by atoms with Crippen molar-refractivity contribution in [1.29, 1.82) is 0 Å². The molecule has 4 aromatic rings. The molecule has 7 heteroatoms. The number of benzene rings is 2. The van der Waals surface area contributed by atoms with E-state index in [1.54, 1.807) is 0 Å². The monoisotopic (exact) mass is 404 g/mol. The third-order valence-corrected chi connectivity index (χ3v) is 5.57. The summed E-state index contributed by atoms with van der Waals surface area (Å²) in [5.41, 5.74) is 5.90. The van der Waals surface area contributed by atoms with E-state index < -0.39 is 0 Å². The molecular formula is C22H20N4O2S. The van der Waals surface area contributed by atoms with Crippen LogP contribution in [0.15, 0.2) is 53.6 Å². The lowest BCUT2D eigenvalue weighted by Gasteiger charge is -2.10. The van der Waals surface area contributed by atoms with Crippen LogP contribution in [0.3, 0.4) is 0 Å². The Morgan fingerprint density at radius 2 is 1.79 bits per heavy atom. The lowest BCUT2D eigenvalue weighted by Crippen LogP contribution is -2.27. The first-order chi connectivity index (χ1) is 13.9. The Bertz CT molecular complexity index is 1270. The van der Waals surface area contributed by atoms with Gasteiger partial charge in [0.2, 0.25) is 5.91 Å². The van der Waals surface area contributed by atoms with Gasteiger partial charge in [-0.2, -0.15) is 4.37 Å². The number of hydrogen-bond donors (Lipinski definition) is 1. The van der Waals surface area contributed by atoms with Crippen molar-refractivity contribution in [2.45, 2.75) is 27.3 Å². The van der Waals surface area contributed by atoms with E-state index in [1.165, 1.54) is 10.9 Å². The van der Waals surface area contributed by atoms with Crippen molar-refractivity contribution in [3.8, 4) is 11.3 Å². The van der Waals surface area contributed by atoms with Crippen molar-refractivity contribution >= 4 is 33.3 Å². The van der Waals surface area contributed by atoms with Gasteiger partial charge in [0.15, 0.2) is 0 Å². The number of anilines is 1. The lowest BCUT2D eigenvalue weighted by molar-refractivity contribution is -0.116. The highest BCUT2D eigenvalue weighted by atomic mass is 32.1. The maximum Gasteiger partial charge on any atom is 0.273 e. The molecule has 2 heterocycles. The average Bonchev–Trinajstić information content (AvgIpc) is 3.12. The average molecular weight is 404 g/mol. The number of aryl methyl sites for hydroxylation is 3. The minimum absolute atomic E-state index is 0.104. The maximum absolute atomic E-state index is 12.8. The second-order valence-corrected chi connectivity index (χ2v) is 7.89. The van der Waals surface area contributed by atoms with E-state index in [2.05, 4.69) is 14.7 Å². The second kappa shape index (κ2) is 7.60. The van der Waals surface area contributed by atoms with Gasteiger partial charge in [-0.3, -0.25) is 14.2 Å². The van der Waals surface area contributed by atoms with E-state index in [9.17, 15) is 9.59 Å². The van der Waals surface area contributed by atoms with Gasteiger partial charge in [0.25, 0.3) is 5.56 Å². The van der Waals surface area contributed by atoms with Crippen LogP contribution in [0.25, 0.3) is 21.5 Å². The third kappa shape index (κ3) is 3.82. The summed E-state index contributed by atoms with van der Waals surface area (Å²) in [7, 11) is 0. The van der Waals surface area contributed by atoms with Crippen LogP contribution >= 0.6 is 11.5 Å². The standard InChI is InChI=1S/C22H20N4O2S/c1-13-4-7-16(8-5-13)19-20-21(29-25-19)22(28)26(12-23-20)11-18(27)24-17-9-6-14(2)10-15(17)3/h4-10,12H,11H2,1-3H3,(H,24,27). The molecule has 0 bridgehead atoms. The van der Waals surface area contributed by atoms with Gasteiger partial charge in [0.05, 0.1) is 6.33 Å². The van der Waals surface area contributed by atoms with E-state index in [1.807, 2.05) is 63.2 Å². The van der Waals surface area contributed by atoms with Crippen LogP contribution in [0.1, 0.15) is 16.7 Å². The highest BCUT2D eigenvalue weighted by Gasteiger charge is 2.16. The van der Waals surface area contributed by atoms with Crippen LogP contribution in [0, 0.1) is 20.8 Å². The molecule has 6 nitrogen and oxygen atoms in total. The zero-order valence-corrected chi connectivity index (χ0v) is 17.2. The summed E-state index contributed by atoms with van der Waals surface area (Å²) in [5, 5.41) is 2.86. The molecule has 2 aromatic carbocycles. The van der Waals surface area contributed by atoms with Crippen molar-refractivity contribution in [3.05, 3.63) is 75.8 Å². The fourth-order valence-corrected chi connectivity index (χ4v) is 3.97. The van der Waals surface area contributed by atoms with Crippen LogP contribution in [-0.2, 0) is 11.3 Å². The van der Waals surface area contributed by atoms with Crippen molar-refractivity contribution < 1.29 is 4.79 Å². The Balaban J connectivity index is 1.60. The zero-order valence-electron chi connectivity index (χ0n) is 16.4. The van der Waals surface area contributed by atoms with Gasteiger partial charge in [-0.25, -0.2) is 4.98 Å². The summed E-state index contributed by atoms with van der Waals surface area (Å²) in [5.74, 6) is -0.275. The molecule has 0 atom stereocenters. The van der Waals surface area contributed by atoms with Gasteiger partial charge in [-0.1, -0.05) is 47.5 Å². The molecule has 29 heavy (non-hydrogen) atoms. The number of carbonyl (C=O) groups excluding carboxylic acids is 1. The van der Waals surface area contributed by atoms with E-state index in [0.29, 0.717) is 15.9 Å². The summed E-state index contributed by atoms with van der Waals surface area (Å²) in [6, 6.07) is 13.7. The number of fused-ring (bicyclic) bond motifs is 1. The fourth-order valence-electron chi connectivity index (χ4n) is 3.17. The smallest absolute Gasteiger partial charge is 0.273 e. The minimum atomic E-state index is -0.275. The highest BCUT2D eigenvalue weighted by molar-refractivity contribution is 7.13. The number of aromatic nitrogens is 3. The number of rotatable bonds is 4. The summed E-state index contributed by atoms with van der Waals surface area (Å²) < 4.78 is 6.19. The summed E-state index contributed by atoms with van der Waals surface area (Å²) in [6.07, 6.45) is 1.42. The number of amides is 1. The molecule has 0 saturated carbocycles. The molecule has 0 aliphatic carbocycles. The van der Waals surface area contributed by atoms with E-state index in [-0.39, 0.29) is 18.0 Å². The fraction of sp³-hybridized carbons (Fsp3) is 0.182. The summed E-state index contributed by atoms with van der Waals surface area (Å²) in [4.78, 5) is 29.7. The van der Waals surface area contributed by atoms with Gasteiger partial charge < -0.3 is 5.32 Å². The molecule has 0 spiro atoms. The van der Waals surface area contributed by atoms with Gasteiger partial charge in [-0.05, 0) is 43.9 Å². The van der Waals surface area contributed by atoms with Gasteiger partial charge >= 0.3 is 0 Å². The quantitative estimate of drug-likeness (QED) is 0.556. The first-order valence-corrected chi connectivity index (χ1v) is 9.98. The Morgan fingerprint density at radius 3 is 2.52 bits per heavy atom. The molecule has 0 unspecified atom stereocenters. The predicted octanol–water partition coefficient (Wildman–Crippen LogP) is 4.08. The van der Waals surface area contributed by atoms with E-state index in [4.69, 9.17) is 0 Å². The molecule has 0 radical (unpaired) electrons. The molecule has 0 aliphatic heterocycles. The summed E-state index contributed by atoms with van der Waals surface area (Å²) in [6.45, 7) is 5.85. The van der Waals surface area contributed by atoms with Crippen LogP contribution in [0.4, 0.5) is 5.69 Å². The van der Waals surface area contributed by atoms with Crippen molar-refractivity contribution in [3.63, 3.8) is 0 Å². The van der Waals surface area contributed by atoms with Crippen molar-refractivity contribution in [2.24, 2.45) is 0 Å².